The molecule has 6 heteroatoms. The average Bonchev–Trinajstić information content (AvgIpc) is 3.12. The lowest BCUT2D eigenvalue weighted by Gasteiger charge is -2.32. The van der Waals surface area contributed by atoms with Crippen molar-refractivity contribution in [2.45, 2.75) is 39.2 Å². The van der Waals surface area contributed by atoms with Crippen LogP contribution >= 0.6 is 0 Å². The van der Waals surface area contributed by atoms with Gasteiger partial charge in [-0.3, -0.25) is 4.79 Å². The summed E-state index contributed by atoms with van der Waals surface area (Å²) in [5.41, 5.74) is 2.35. The molecule has 2 N–H and O–H groups in total. The molecule has 2 unspecified atom stereocenters. The molecule has 2 aromatic rings. The summed E-state index contributed by atoms with van der Waals surface area (Å²) in [5.74, 6) is -0.982. The maximum Gasteiger partial charge on any atom is 0.339 e. The average molecular weight is 371 g/mol. The van der Waals surface area contributed by atoms with E-state index in [0.29, 0.717) is 25.3 Å². The van der Waals surface area contributed by atoms with Gasteiger partial charge in [0.15, 0.2) is 5.76 Å². The number of carboxylic acids is 1. The Morgan fingerprint density at radius 1 is 1.26 bits per heavy atom. The fourth-order valence-corrected chi connectivity index (χ4v) is 3.47. The van der Waals surface area contributed by atoms with E-state index in [1.165, 1.54) is 11.6 Å². The highest BCUT2D eigenvalue weighted by Crippen LogP contribution is 2.33. The molecule has 1 aromatic heterocycles. The number of carboxylic acid groups (broad SMARTS) is 1. The molecule has 1 aliphatic rings. The third-order valence-corrected chi connectivity index (χ3v) is 4.96. The summed E-state index contributed by atoms with van der Waals surface area (Å²) in [6, 6.07) is 9.56. The lowest BCUT2D eigenvalue weighted by Crippen LogP contribution is -2.35. The van der Waals surface area contributed by atoms with Crippen LogP contribution in [0, 0.1) is 12.8 Å². The molecule has 1 amide bonds. The van der Waals surface area contributed by atoms with Gasteiger partial charge in [-0.15, -0.1) is 0 Å². The van der Waals surface area contributed by atoms with E-state index in [2.05, 4.69) is 29.6 Å². The Balaban J connectivity index is 1.68. The summed E-state index contributed by atoms with van der Waals surface area (Å²) in [6.45, 7) is 4.99. The molecule has 0 bridgehead atoms. The van der Waals surface area contributed by atoms with Crippen LogP contribution in [0.3, 0.4) is 0 Å². The maximum atomic E-state index is 12.4. The van der Waals surface area contributed by atoms with Crippen LogP contribution in [0.1, 0.15) is 63.7 Å². The minimum absolute atomic E-state index is 0.0351. The molecule has 27 heavy (non-hydrogen) atoms. The van der Waals surface area contributed by atoms with Crippen molar-refractivity contribution in [2.75, 3.05) is 13.2 Å². The molecule has 1 aliphatic heterocycles. The number of hydrogen-bond donors (Lipinski definition) is 2. The number of furan rings is 1. The molecule has 1 aromatic carbocycles. The molecule has 2 atom stereocenters. The van der Waals surface area contributed by atoms with E-state index in [0.717, 1.165) is 18.4 Å². The van der Waals surface area contributed by atoms with Gasteiger partial charge < -0.3 is 19.6 Å². The molecule has 0 saturated carbocycles. The van der Waals surface area contributed by atoms with Crippen molar-refractivity contribution in [3.8, 4) is 0 Å². The van der Waals surface area contributed by atoms with Gasteiger partial charge in [0, 0.05) is 31.6 Å². The Morgan fingerprint density at radius 2 is 2.00 bits per heavy atom. The highest BCUT2D eigenvalue weighted by atomic mass is 16.5. The Hall–Kier alpha value is -2.60. The van der Waals surface area contributed by atoms with E-state index in [1.807, 2.05) is 6.92 Å². The Kier molecular flexibility index (Phi) is 5.96. The van der Waals surface area contributed by atoms with Crippen LogP contribution in [0.2, 0.25) is 0 Å². The third kappa shape index (κ3) is 4.39. The van der Waals surface area contributed by atoms with Crippen LogP contribution in [0.25, 0.3) is 0 Å². The predicted octanol–water partition coefficient (Wildman–Crippen LogP) is 3.75. The molecule has 6 nitrogen and oxygen atoms in total. The van der Waals surface area contributed by atoms with Gasteiger partial charge in [-0.25, -0.2) is 4.79 Å². The first-order valence-corrected chi connectivity index (χ1v) is 9.32. The van der Waals surface area contributed by atoms with Crippen LogP contribution in [0.5, 0.6) is 0 Å². The topological polar surface area (TPSA) is 88.8 Å². The second-order valence-electron chi connectivity index (χ2n) is 6.92. The molecule has 144 valence electrons. The number of aryl methyl sites for hydroxylation is 2. The fraction of sp³-hybridized carbons (Fsp3) is 0.429. The van der Waals surface area contributed by atoms with Crippen LogP contribution in [-0.2, 0) is 11.2 Å². The first-order chi connectivity index (χ1) is 13.0. The monoisotopic (exact) mass is 371 g/mol. The Bertz CT molecular complexity index is 808. The summed E-state index contributed by atoms with van der Waals surface area (Å²) >= 11 is 0. The second kappa shape index (κ2) is 8.39. The number of hydrogen-bond acceptors (Lipinski definition) is 4. The van der Waals surface area contributed by atoms with Crippen molar-refractivity contribution in [2.24, 2.45) is 5.92 Å². The van der Waals surface area contributed by atoms with Gasteiger partial charge in [-0.05, 0) is 25.3 Å². The number of rotatable bonds is 6. The number of benzene rings is 1. The molecular formula is C21H25NO5. The van der Waals surface area contributed by atoms with Gasteiger partial charge in [0.2, 0.25) is 0 Å². The molecule has 0 radical (unpaired) electrons. The summed E-state index contributed by atoms with van der Waals surface area (Å²) in [5, 5.41) is 12.1. The zero-order chi connectivity index (χ0) is 19.4. The third-order valence-electron chi connectivity index (χ3n) is 4.96. The van der Waals surface area contributed by atoms with Gasteiger partial charge in [-0.2, -0.15) is 0 Å². The number of carbonyl (C=O) groups excluding carboxylic acids is 1. The summed E-state index contributed by atoms with van der Waals surface area (Å²) in [7, 11) is 0. The van der Waals surface area contributed by atoms with Crippen molar-refractivity contribution >= 4 is 11.9 Å². The van der Waals surface area contributed by atoms with Gasteiger partial charge in [-0.1, -0.05) is 36.8 Å². The summed E-state index contributed by atoms with van der Waals surface area (Å²) < 4.78 is 11.4. The Morgan fingerprint density at radius 3 is 2.63 bits per heavy atom. The molecule has 0 aliphatic carbocycles. The van der Waals surface area contributed by atoms with E-state index in [4.69, 9.17) is 9.15 Å². The number of carbonyl (C=O) groups is 2. The molecule has 2 heterocycles. The van der Waals surface area contributed by atoms with Crippen LogP contribution in [0.15, 0.2) is 34.7 Å². The molecule has 1 fully saturated rings. The second-order valence-corrected chi connectivity index (χ2v) is 6.92. The minimum atomic E-state index is -1.09. The molecule has 3 rings (SSSR count). The fourth-order valence-electron chi connectivity index (χ4n) is 3.47. The van der Waals surface area contributed by atoms with E-state index in [-0.39, 0.29) is 23.3 Å². The van der Waals surface area contributed by atoms with Crippen molar-refractivity contribution in [1.29, 1.82) is 0 Å². The van der Waals surface area contributed by atoms with E-state index >= 15 is 0 Å². The van der Waals surface area contributed by atoms with Gasteiger partial charge in [0.1, 0.15) is 11.3 Å². The smallest absolute Gasteiger partial charge is 0.339 e. The first-order valence-electron chi connectivity index (χ1n) is 9.32. The molecule has 0 spiro atoms. The normalized spacial score (nSPS) is 19.6. The highest BCUT2D eigenvalue weighted by molar-refractivity contribution is 5.96. The zero-order valence-corrected chi connectivity index (χ0v) is 15.7. The predicted molar refractivity (Wildman–Crippen MR) is 100.0 cm³/mol. The van der Waals surface area contributed by atoms with Crippen LogP contribution < -0.4 is 5.32 Å². The van der Waals surface area contributed by atoms with Crippen molar-refractivity contribution in [3.63, 3.8) is 0 Å². The summed E-state index contributed by atoms with van der Waals surface area (Å²) in [6.07, 6.45) is 2.27. The zero-order valence-electron chi connectivity index (χ0n) is 15.7. The van der Waals surface area contributed by atoms with E-state index in [9.17, 15) is 14.7 Å². The molecular weight excluding hydrogens is 346 g/mol. The van der Waals surface area contributed by atoms with Crippen molar-refractivity contribution in [1.82, 2.24) is 5.32 Å². The van der Waals surface area contributed by atoms with Gasteiger partial charge >= 0.3 is 5.97 Å². The van der Waals surface area contributed by atoms with Crippen molar-refractivity contribution in [3.05, 3.63) is 58.5 Å². The molecule has 1 saturated heterocycles. The van der Waals surface area contributed by atoms with Crippen molar-refractivity contribution < 1.29 is 23.8 Å². The lowest BCUT2D eigenvalue weighted by molar-refractivity contribution is -0.0273. The summed E-state index contributed by atoms with van der Waals surface area (Å²) in [4.78, 5) is 23.7. The van der Waals surface area contributed by atoms with Gasteiger partial charge in [0.25, 0.3) is 5.91 Å². The minimum Gasteiger partial charge on any atom is -0.478 e. The standard InChI is InChI=1S/C21H25NO5/c1-3-17-16(21(24)25)11-18(27-17)20(23)22-12-15-5-4-10-26-19(15)14-8-6-13(2)7-9-14/h6-9,11,15,19H,3-5,10,12H2,1-2H3,(H,22,23)(H,24,25). The van der Waals surface area contributed by atoms with Crippen LogP contribution in [-0.4, -0.2) is 30.1 Å². The van der Waals surface area contributed by atoms with Crippen LogP contribution in [0.4, 0.5) is 0 Å². The number of aromatic carboxylic acids is 1. The SMILES string of the molecule is CCc1oc(C(=O)NCC2CCCOC2c2ccc(C)cc2)cc1C(=O)O. The first kappa shape index (κ1) is 19.2. The highest BCUT2D eigenvalue weighted by Gasteiger charge is 2.28. The van der Waals surface area contributed by atoms with Gasteiger partial charge in [0.05, 0.1) is 6.10 Å². The lowest BCUT2D eigenvalue weighted by atomic mass is 9.89. The number of ether oxygens (including phenoxy) is 1. The Labute approximate surface area is 158 Å². The number of amides is 1. The van der Waals surface area contributed by atoms with E-state index in [1.54, 1.807) is 6.92 Å². The number of nitrogens with one attached hydrogen (secondary N) is 1. The maximum absolute atomic E-state index is 12.4. The quantitative estimate of drug-likeness (QED) is 0.807. The van der Waals surface area contributed by atoms with E-state index < -0.39 is 11.9 Å². The largest absolute Gasteiger partial charge is 0.478 e.